The number of guanidine groups is 1. The summed E-state index contributed by atoms with van der Waals surface area (Å²) in [7, 11) is 5.96. The monoisotopic (exact) mass is 399 g/mol. The van der Waals surface area contributed by atoms with Crippen molar-refractivity contribution in [1.82, 2.24) is 19.7 Å². The minimum Gasteiger partial charge on any atom is -0.379 e. The van der Waals surface area contributed by atoms with Crippen LogP contribution in [0.4, 0.5) is 0 Å². The number of hydrogen-bond donors (Lipinski definition) is 1. The molecule has 0 radical (unpaired) electrons. The average Bonchev–Trinajstić information content (AvgIpc) is 2.85. The second-order valence-corrected chi connectivity index (χ2v) is 7.47. The molecule has 6 nitrogen and oxygen atoms in total. The summed E-state index contributed by atoms with van der Waals surface area (Å²) in [5.41, 5.74) is 1.24. The zero-order valence-corrected chi connectivity index (χ0v) is 17.0. The number of aromatic nitrogens is 1. The minimum atomic E-state index is 0.443. The van der Waals surface area contributed by atoms with Gasteiger partial charge in [-0.05, 0) is 35.8 Å². The van der Waals surface area contributed by atoms with Gasteiger partial charge in [0.15, 0.2) is 5.96 Å². The van der Waals surface area contributed by atoms with Gasteiger partial charge in [-0.1, -0.05) is 0 Å². The molecule has 0 saturated carbocycles. The van der Waals surface area contributed by atoms with Gasteiger partial charge in [0.1, 0.15) is 0 Å². The third-order valence-corrected chi connectivity index (χ3v) is 5.02. The Bertz CT molecular complexity index is 559. The van der Waals surface area contributed by atoms with Gasteiger partial charge in [0.25, 0.3) is 0 Å². The quantitative estimate of drug-likeness (QED) is 0.606. The van der Waals surface area contributed by atoms with Crippen molar-refractivity contribution >= 4 is 21.9 Å². The van der Waals surface area contributed by atoms with Gasteiger partial charge in [-0.3, -0.25) is 9.89 Å². The molecule has 7 heteroatoms. The molecule has 1 N–H and O–H groups in total. The van der Waals surface area contributed by atoms with Crippen LogP contribution in [0, 0.1) is 0 Å². The number of halogens is 1. The van der Waals surface area contributed by atoms with Crippen LogP contribution in [0.2, 0.25) is 0 Å². The van der Waals surface area contributed by atoms with Crippen LogP contribution in [0.3, 0.4) is 0 Å². The zero-order valence-electron chi connectivity index (χ0n) is 15.4. The molecule has 0 aromatic carbocycles. The third-order valence-electron chi connectivity index (χ3n) is 4.59. The molecule has 0 amide bonds. The maximum absolute atomic E-state index is 5.53. The fourth-order valence-corrected chi connectivity index (χ4v) is 3.75. The molecule has 1 aromatic rings. The predicted octanol–water partition coefficient (Wildman–Crippen LogP) is 1.90. The molecule has 136 valence electrons. The van der Waals surface area contributed by atoms with Crippen molar-refractivity contribution in [2.75, 3.05) is 40.4 Å². The number of nitrogens with zero attached hydrogens (tertiary/aromatic N) is 4. The molecule has 2 atom stereocenters. The van der Waals surface area contributed by atoms with Gasteiger partial charge >= 0.3 is 0 Å². The molecular weight excluding hydrogens is 370 g/mol. The van der Waals surface area contributed by atoms with E-state index in [0.717, 1.165) is 43.3 Å². The lowest BCUT2D eigenvalue weighted by Crippen LogP contribution is -2.53. The molecule has 1 aliphatic rings. The second kappa shape index (κ2) is 8.87. The summed E-state index contributed by atoms with van der Waals surface area (Å²) in [5.74, 6) is 0.917. The highest BCUT2D eigenvalue weighted by Gasteiger charge is 2.23. The van der Waals surface area contributed by atoms with Crippen LogP contribution in [0.5, 0.6) is 0 Å². The molecule has 1 aromatic heterocycles. The standard InChI is InChI=1S/C17H30BrN5O/c1-13(23-6-7-24-12-14(23)2)9-20-17(19-3)22(5)11-16-8-15(18)10-21(16)4/h8,10,13-14H,6-7,9,11-12H2,1-5H3,(H,19,20). The summed E-state index contributed by atoms with van der Waals surface area (Å²) < 4.78 is 8.76. The average molecular weight is 400 g/mol. The van der Waals surface area contributed by atoms with Crippen LogP contribution in [-0.2, 0) is 18.3 Å². The topological polar surface area (TPSA) is 45.0 Å². The van der Waals surface area contributed by atoms with Crippen molar-refractivity contribution in [2.45, 2.75) is 32.5 Å². The molecule has 0 spiro atoms. The van der Waals surface area contributed by atoms with E-state index in [0.29, 0.717) is 12.1 Å². The van der Waals surface area contributed by atoms with Gasteiger partial charge in [0.2, 0.25) is 0 Å². The van der Waals surface area contributed by atoms with E-state index in [1.165, 1.54) is 5.69 Å². The Balaban J connectivity index is 1.88. The number of nitrogens with one attached hydrogen (secondary N) is 1. The van der Waals surface area contributed by atoms with Gasteiger partial charge in [0.05, 0.1) is 19.8 Å². The normalized spacial score (nSPS) is 20.9. The highest BCUT2D eigenvalue weighted by molar-refractivity contribution is 9.10. The SMILES string of the molecule is CN=C(NCC(C)N1CCOCC1C)N(C)Cc1cc(Br)cn1C. The smallest absolute Gasteiger partial charge is 0.193 e. The summed E-state index contributed by atoms with van der Waals surface area (Å²) in [6.45, 7) is 8.81. The Morgan fingerprint density at radius 2 is 2.33 bits per heavy atom. The summed E-state index contributed by atoms with van der Waals surface area (Å²) in [6, 6.07) is 3.05. The minimum absolute atomic E-state index is 0.443. The lowest BCUT2D eigenvalue weighted by Gasteiger charge is -2.38. The van der Waals surface area contributed by atoms with Crippen molar-refractivity contribution in [3.63, 3.8) is 0 Å². The Labute approximate surface area is 154 Å². The number of morpholine rings is 1. The van der Waals surface area contributed by atoms with Gasteiger partial charge in [-0.25, -0.2) is 0 Å². The molecule has 1 aliphatic heterocycles. The maximum Gasteiger partial charge on any atom is 0.193 e. The predicted molar refractivity (Wildman–Crippen MR) is 102 cm³/mol. The highest BCUT2D eigenvalue weighted by atomic mass is 79.9. The number of rotatable bonds is 5. The highest BCUT2D eigenvalue weighted by Crippen LogP contribution is 2.15. The first-order valence-corrected chi connectivity index (χ1v) is 9.27. The molecule has 1 saturated heterocycles. The van der Waals surface area contributed by atoms with Crippen molar-refractivity contribution in [2.24, 2.45) is 12.0 Å². The van der Waals surface area contributed by atoms with Crippen LogP contribution < -0.4 is 5.32 Å². The molecule has 1 fully saturated rings. The van der Waals surface area contributed by atoms with Gasteiger partial charge in [-0.15, -0.1) is 0 Å². The number of ether oxygens (including phenoxy) is 1. The molecule has 0 bridgehead atoms. The van der Waals surface area contributed by atoms with Crippen LogP contribution in [0.15, 0.2) is 21.7 Å². The van der Waals surface area contributed by atoms with Crippen molar-refractivity contribution < 1.29 is 4.74 Å². The Hall–Kier alpha value is -1.05. The summed E-state index contributed by atoms with van der Waals surface area (Å²) in [4.78, 5) is 9.07. The van der Waals surface area contributed by atoms with E-state index < -0.39 is 0 Å². The first-order valence-electron chi connectivity index (χ1n) is 8.48. The van der Waals surface area contributed by atoms with E-state index in [9.17, 15) is 0 Å². The van der Waals surface area contributed by atoms with Crippen LogP contribution >= 0.6 is 15.9 Å². The summed E-state index contributed by atoms with van der Waals surface area (Å²) in [5, 5.41) is 3.51. The molecule has 2 rings (SSSR count). The fraction of sp³-hybridized carbons (Fsp3) is 0.706. The molecule has 24 heavy (non-hydrogen) atoms. The van der Waals surface area contributed by atoms with Crippen molar-refractivity contribution in [1.29, 1.82) is 0 Å². The summed E-state index contributed by atoms with van der Waals surface area (Å²) in [6.07, 6.45) is 2.07. The van der Waals surface area contributed by atoms with E-state index in [1.54, 1.807) is 0 Å². The van der Waals surface area contributed by atoms with Crippen LogP contribution in [-0.4, -0.2) is 72.8 Å². The first kappa shape index (κ1) is 19.3. The van der Waals surface area contributed by atoms with E-state index in [-0.39, 0.29) is 0 Å². The molecule has 2 heterocycles. The molecular formula is C17H30BrN5O. The van der Waals surface area contributed by atoms with E-state index in [2.05, 4.69) is 80.8 Å². The number of aryl methyl sites for hydroxylation is 1. The maximum atomic E-state index is 5.53. The molecule has 2 unspecified atom stereocenters. The first-order chi connectivity index (χ1) is 11.4. The molecule has 0 aliphatic carbocycles. The Morgan fingerprint density at radius 1 is 1.58 bits per heavy atom. The Kier molecular flexibility index (Phi) is 7.13. The van der Waals surface area contributed by atoms with Crippen molar-refractivity contribution in [3.8, 4) is 0 Å². The summed E-state index contributed by atoms with van der Waals surface area (Å²) >= 11 is 3.53. The zero-order chi connectivity index (χ0) is 17.7. The largest absolute Gasteiger partial charge is 0.379 e. The second-order valence-electron chi connectivity index (χ2n) is 6.56. The Morgan fingerprint density at radius 3 is 2.92 bits per heavy atom. The van der Waals surface area contributed by atoms with E-state index in [1.807, 2.05) is 7.05 Å². The van der Waals surface area contributed by atoms with E-state index in [4.69, 9.17) is 4.74 Å². The lowest BCUT2D eigenvalue weighted by atomic mass is 10.2. The van der Waals surface area contributed by atoms with Crippen LogP contribution in [0.1, 0.15) is 19.5 Å². The number of aliphatic imine (C=N–C) groups is 1. The fourth-order valence-electron chi connectivity index (χ4n) is 3.18. The van der Waals surface area contributed by atoms with Gasteiger partial charge in [0, 0.05) is 62.7 Å². The van der Waals surface area contributed by atoms with E-state index >= 15 is 0 Å². The van der Waals surface area contributed by atoms with Crippen molar-refractivity contribution in [3.05, 3.63) is 22.4 Å². The van der Waals surface area contributed by atoms with Crippen LogP contribution in [0.25, 0.3) is 0 Å². The van der Waals surface area contributed by atoms with Gasteiger partial charge in [-0.2, -0.15) is 0 Å². The lowest BCUT2D eigenvalue weighted by molar-refractivity contribution is -0.0175. The van der Waals surface area contributed by atoms with Gasteiger partial charge < -0.3 is 19.5 Å². The third kappa shape index (κ3) is 4.97. The number of hydrogen-bond acceptors (Lipinski definition) is 3.